The van der Waals surface area contributed by atoms with E-state index in [1.54, 1.807) is 42.5 Å². The molecule has 2 aromatic rings. The van der Waals surface area contributed by atoms with Crippen molar-refractivity contribution in [1.82, 2.24) is 0 Å². The summed E-state index contributed by atoms with van der Waals surface area (Å²) in [6.45, 7) is -0.529. The van der Waals surface area contributed by atoms with Gasteiger partial charge in [-0.25, -0.2) is 0 Å². The molecule has 0 bridgehead atoms. The second kappa shape index (κ2) is 8.59. The topological polar surface area (TPSA) is 140 Å². The number of benzene rings is 2. The number of aliphatic hydroxyl groups excluding tert-OH is 4. The van der Waals surface area contributed by atoms with Gasteiger partial charge in [0.05, 0.1) is 6.61 Å². The summed E-state index contributed by atoms with van der Waals surface area (Å²) < 4.78 is 10.8. The molecule has 28 heavy (non-hydrogen) atoms. The highest BCUT2D eigenvalue weighted by Gasteiger charge is 2.44. The fourth-order valence-corrected chi connectivity index (χ4v) is 2.82. The van der Waals surface area contributed by atoms with E-state index in [-0.39, 0.29) is 11.5 Å². The van der Waals surface area contributed by atoms with Crippen molar-refractivity contribution in [3.05, 3.63) is 53.6 Å². The lowest BCUT2D eigenvalue weighted by Gasteiger charge is -2.39. The van der Waals surface area contributed by atoms with E-state index in [9.17, 15) is 30.6 Å². The second-order valence-corrected chi connectivity index (χ2v) is 6.46. The van der Waals surface area contributed by atoms with Crippen LogP contribution in [-0.2, 0) is 4.74 Å². The lowest BCUT2D eigenvalue weighted by atomic mass is 9.99. The van der Waals surface area contributed by atoms with Gasteiger partial charge in [-0.2, -0.15) is 0 Å². The molecule has 0 spiro atoms. The molecule has 1 fully saturated rings. The van der Waals surface area contributed by atoms with E-state index in [2.05, 4.69) is 0 Å². The molecule has 0 saturated carbocycles. The maximum Gasteiger partial charge on any atom is 0.229 e. The van der Waals surface area contributed by atoms with Gasteiger partial charge in [-0.15, -0.1) is 0 Å². The van der Waals surface area contributed by atoms with Gasteiger partial charge in [0.15, 0.2) is 0 Å². The zero-order chi connectivity index (χ0) is 20.3. The Kier molecular flexibility index (Phi) is 6.18. The molecule has 1 saturated heterocycles. The minimum absolute atomic E-state index is 0.0238. The Balaban J connectivity index is 1.66. The highest BCUT2D eigenvalue weighted by Crippen LogP contribution is 2.26. The summed E-state index contributed by atoms with van der Waals surface area (Å²) in [6, 6.07) is 11.0. The van der Waals surface area contributed by atoms with Crippen LogP contribution in [-0.4, -0.2) is 68.0 Å². The van der Waals surface area contributed by atoms with Gasteiger partial charge in [0.25, 0.3) is 0 Å². The molecule has 5 atom stereocenters. The van der Waals surface area contributed by atoms with Gasteiger partial charge in [0, 0.05) is 11.6 Å². The monoisotopic (exact) mass is 390 g/mol. The Morgan fingerprint density at radius 2 is 1.61 bits per heavy atom. The van der Waals surface area contributed by atoms with Crippen LogP contribution in [0.3, 0.4) is 0 Å². The summed E-state index contributed by atoms with van der Waals surface area (Å²) in [6.07, 6.45) is -3.27. The van der Waals surface area contributed by atoms with Gasteiger partial charge in [-0.1, -0.05) is 24.3 Å². The summed E-state index contributed by atoms with van der Waals surface area (Å²) in [5.74, 6) is 0.289. The Hall–Kier alpha value is -2.62. The molecule has 1 aliphatic heterocycles. The maximum atomic E-state index is 10.00. The van der Waals surface area contributed by atoms with Crippen molar-refractivity contribution < 1.29 is 40.1 Å². The first kappa shape index (κ1) is 20.1. The molecule has 5 unspecified atom stereocenters. The SMILES string of the molecule is OCC1OC(Oc2ccc(C=Cc3ccc(O)cc3O)cc2)C(O)C(O)C1O. The lowest BCUT2D eigenvalue weighted by molar-refractivity contribution is -0.277. The molecule has 0 aliphatic carbocycles. The fraction of sp³-hybridized carbons (Fsp3) is 0.300. The fourth-order valence-electron chi connectivity index (χ4n) is 2.82. The molecule has 2 aromatic carbocycles. The van der Waals surface area contributed by atoms with Crippen LogP contribution in [0.15, 0.2) is 42.5 Å². The molecule has 1 aliphatic rings. The Bertz CT molecular complexity index is 817. The van der Waals surface area contributed by atoms with Gasteiger partial charge in [-0.05, 0) is 29.8 Å². The number of aromatic hydroxyl groups is 2. The quantitative estimate of drug-likeness (QED) is 0.405. The minimum Gasteiger partial charge on any atom is -0.508 e. The summed E-state index contributed by atoms with van der Waals surface area (Å²) in [5, 5.41) is 57.8. The zero-order valence-electron chi connectivity index (χ0n) is 14.8. The first-order valence-corrected chi connectivity index (χ1v) is 8.66. The van der Waals surface area contributed by atoms with Crippen LogP contribution in [0.2, 0.25) is 0 Å². The maximum absolute atomic E-state index is 10.00. The smallest absolute Gasteiger partial charge is 0.229 e. The minimum atomic E-state index is -1.50. The number of ether oxygens (including phenoxy) is 2. The summed E-state index contributed by atoms with van der Waals surface area (Å²) >= 11 is 0. The molecule has 0 aromatic heterocycles. The molecule has 0 amide bonds. The van der Waals surface area contributed by atoms with Crippen LogP contribution in [0, 0.1) is 0 Å². The Morgan fingerprint density at radius 1 is 0.893 bits per heavy atom. The molecule has 6 N–H and O–H groups in total. The number of phenols is 2. The van der Waals surface area contributed by atoms with Gasteiger partial charge < -0.3 is 40.1 Å². The van der Waals surface area contributed by atoms with E-state index in [4.69, 9.17) is 9.47 Å². The molecule has 1 heterocycles. The van der Waals surface area contributed by atoms with E-state index in [1.807, 2.05) is 0 Å². The average molecular weight is 390 g/mol. The Labute approximate surface area is 161 Å². The molecule has 8 nitrogen and oxygen atoms in total. The molecular weight excluding hydrogens is 368 g/mol. The summed E-state index contributed by atoms with van der Waals surface area (Å²) in [7, 11) is 0. The van der Waals surface area contributed by atoms with E-state index in [0.717, 1.165) is 5.56 Å². The normalized spacial score (nSPS) is 27.8. The zero-order valence-corrected chi connectivity index (χ0v) is 14.8. The number of aliphatic hydroxyl groups is 4. The van der Waals surface area contributed by atoms with Crippen LogP contribution in [0.4, 0.5) is 0 Å². The number of hydrogen-bond donors (Lipinski definition) is 6. The highest BCUT2D eigenvalue weighted by atomic mass is 16.7. The molecular formula is C20H22O8. The van der Waals surface area contributed by atoms with Crippen LogP contribution in [0.1, 0.15) is 11.1 Å². The van der Waals surface area contributed by atoms with E-state index < -0.39 is 37.3 Å². The standard InChI is InChI=1S/C20H22O8/c21-10-16-17(24)18(25)19(26)20(28-16)27-14-7-2-11(3-8-14)1-4-12-5-6-13(22)9-15(12)23/h1-9,16-26H,10H2. The predicted octanol–water partition coefficient (Wildman–Crippen LogP) is 0.447. The van der Waals surface area contributed by atoms with Crippen LogP contribution in [0.25, 0.3) is 12.2 Å². The Morgan fingerprint density at radius 3 is 2.25 bits per heavy atom. The van der Waals surface area contributed by atoms with Gasteiger partial charge in [0.1, 0.15) is 41.7 Å². The third-order valence-corrected chi connectivity index (χ3v) is 4.45. The van der Waals surface area contributed by atoms with Crippen molar-refractivity contribution in [2.75, 3.05) is 6.61 Å². The number of phenolic OH excluding ortho intramolecular Hbond substituents is 2. The molecule has 150 valence electrons. The van der Waals surface area contributed by atoms with Gasteiger partial charge in [0.2, 0.25) is 6.29 Å². The largest absolute Gasteiger partial charge is 0.508 e. The first-order valence-electron chi connectivity index (χ1n) is 8.66. The third kappa shape index (κ3) is 4.44. The van der Waals surface area contributed by atoms with Crippen LogP contribution in [0.5, 0.6) is 17.2 Å². The van der Waals surface area contributed by atoms with Crippen molar-refractivity contribution in [3.63, 3.8) is 0 Å². The van der Waals surface area contributed by atoms with Crippen molar-refractivity contribution in [2.45, 2.75) is 30.7 Å². The van der Waals surface area contributed by atoms with Crippen LogP contribution >= 0.6 is 0 Å². The second-order valence-electron chi connectivity index (χ2n) is 6.46. The first-order chi connectivity index (χ1) is 13.4. The molecule has 8 heteroatoms. The average Bonchev–Trinajstić information content (AvgIpc) is 2.69. The molecule has 0 radical (unpaired) electrons. The summed E-state index contributed by atoms with van der Waals surface area (Å²) in [4.78, 5) is 0. The number of hydrogen-bond acceptors (Lipinski definition) is 8. The van der Waals surface area contributed by atoms with Gasteiger partial charge >= 0.3 is 0 Å². The van der Waals surface area contributed by atoms with E-state index in [0.29, 0.717) is 11.3 Å². The van der Waals surface area contributed by atoms with E-state index in [1.165, 1.54) is 12.1 Å². The predicted molar refractivity (Wildman–Crippen MR) is 99.5 cm³/mol. The van der Waals surface area contributed by atoms with Crippen molar-refractivity contribution in [2.24, 2.45) is 0 Å². The van der Waals surface area contributed by atoms with Crippen molar-refractivity contribution in [1.29, 1.82) is 0 Å². The molecule has 3 rings (SSSR count). The van der Waals surface area contributed by atoms with Crippen molar-refractivity contribution in [3.8, 4) is 17.2 Å². The van der Waals surface area contributed by atoms with E-state index >= 15 is 0 Å². The summed E-state index contributed by atoms with van der Waals surface area (Å²) in [5.41, 5.74) is 1.34. The number of rotatable bonds is 5. The lowest BCUT2D eigenvalue weighted by Crippen LogP contribution is -2.60. The van der Waals surface area contributed by atoms with Crippen molar-refractivity contribution >= 4 is 12.2 Å². The van der Waals surface area contributed by atoms with Crippen LogP contribution < -0.4 is 4.74 Å². The highest BCUT2D eigenvalue weighted by molar-refractivity contribution is 5.73. The van der Waals surface area contributed by atoms with Gasteiger partial charge in [-0.3, -0.25) is 0 Å². The third-order valence-electron chi connectivity index (χ3n) is 4.45.